The third-order valence-electron chi connectivity index (χ3n) is 3.60. The molecule has 23 heavy (non-hydrogen) atoms. The number of hydrogen-bond acceptors (Lipinski definition) is 4. The van der Waals surface area contributed by atoms with Crippen molar-refractivity contribution in [1.29, 1.82) is 0 Å². The summed E-state index contributed by atoms with van der Waals surface area (Å²) in [5.41, 5.74) is 0. The molecule has 2 rings (SSSR count). The first-order valence-corrected chi connectivity index (χ1v) is 7.54. The van der Waals surface area contributed by atoms with E-state index in [2.05, 4.69) is 0 Å². The second-order valence-corrected chi connectivity index (χ2v) is 5.32. The van der Waals surface area contributed by atoms with Gasteiger partial charge in [-0.3, -0.25) is 9.59 Å². The van der Waals surface area contributed by atoms with E-state index in [4.69, 9.17) is 14.6 Å². The van der Waals surface area contributed by atoms with Crippen LogP contribution in [0.25, 0.3) is 0 Å². The third kappa shape index (κ3) is 4.66. The van der Waals surface area contributed by atoms with Gasteiger partial charge in [-0.15, -0.1) is 0 Å². The molecule has 1 aliphatic rings. The van der Waals surface area contributed by atoms with Gasteiger partial charge in [0.05, 0.1) is 19.1 Å². The number of benzene rings is 1. The van der Waals surface area contributed by atoms with Crippen molar-refractivity contribution in [3.63, 3.8) is 0 Å². The molecule has 1 aromatic carbocycles. The highest BCUT2D eigenvalue weighted by molar-refractivity contribution is 5.81. The maximum Gasteiger partial charge on any atom is 0.306 e. The van der Waals surface area contributed by atoms with Crippen LogP contribution in [-0.2, 0) is 14.3 Å². The van der Waals surface area contributed by atoms with Crippen molar-refractivity contribution in [2.75, 3.05) is 19.7 Å². The lowest BCUT2D eigenvalue weighted by Crippen LogP contribution is -2.50. The first kappa shape index (κ1) is 17.2. The molecule has 0 unspecified atom stereocenters. The highest BCUT2D eigenvalue weighted by atomic mass is 19.1. The van der Waals surface area contributed by atoms with Crippen LogP contribution in [0.4, 0.5) is 4.39 Å². The molecular formula is C16H20FNO5. The maximum absolute atomic E-state index is 13.7. The van der Waals surface area contributed by atoms with E-state index in [9.17, 15) is 14.0 Å². The zero-order valence-electron chi connectivity index (χ0n) is 12.9. The Kier molecular flexibility index (Phi) is 5.92. The highest BCUT2D eigenvalue weighted by Crippen LogP contribution is 2.20. The number of carboxylic acid groups (broad SMARTS) is 1. The molecule has 2 atom stereocenters. The molecule has 1 aromatic rings. The number of para-hydroxylation sites is 1. The van der Waals surface area contributed by atoms with Crippen LogP contribution in [0.5, 0.6) is 5.75 Å². The summed E-state index contributed by atoms with van der Waals surface area (Å²) in [6, 6.07) is 5.92. The monoisotopic (exact) mass is 325 g/mol. The standard InChI is InChI=1S/C16H20FNO5/c1-2-13(23-14-6-4-3-5-12(14)17)16(21)18-7-8-22-11(10-18)9-15(19)20/h3-6,11,13H,2,7-10H2,1H3,(H,19,20)/t11-,13+/m1/s1. The summed E-state index contributed by atoms with van der Waals surface area (Å²) in [6.07, 6.45) is -1.12. The van der Waals surface area contributed by atoms with Crippen LogP contribution in [-0.4, -0.2) is 53.8 Å². The Labute approximate surface area is 133 Å². The average molecular weight is 325 g/mol. The highest BCUT2D eigenvalue weighted by Gasteiger charge is 2.31. The Morgan fingerprint density at radius 3 is 2.87 bits per heavy atom. The van der Waals surface area contributed by atoms with Gasteiger partial charge in [0.25, 0.3) is 5.91 Å². The minimum Gasteiger partial charge on any atom is -0.481 e. The van der Waals surface area contributed by atoms with E-state index in [-0.39, 0.29) is 31.2 Å². The average Bonchev–Trinajstić information content (AvgIpc) is 2.53. The summed E-state index contributed by atoms with van der Waals surface area (Å²) in [7, 11) is 0. The molecule has 1 heterocycles. The van der Waals surface area contributed by atoms with Crippen molar-refractivity contribution in [2.24, 2.45) is 0 Å². The van der Waals surface area contributed by atoms with E-state index in [1.165, 1.54) is 17.0 Å². The Balaban J connectivity index is 2.01. The van der Waals surface area contributed by atoms with Gasteiger partial charge in [0.1, 0.15) is 0 Å². The van der Waals surface area contributed by atoms with Crippen LogP contribution >= 0.6 is 0 Å². The SMILES string of the molecule is CC[C@H](Oc1ccccc1F)C(=O)N1CCO[C@H](CC(=O)O)C1. The number of ether oxygens (including phenoxy) is 2. The quantitative estimate of drug-likeness (QED) is 0.861. The van der Waals surface area contributed by atoms with Crippen LogP contribution in [0.3, 0.4) is 0 Å². The number of carboxylic acids is 1. The number of nitrogens with zero attached hydrogens (tertiary/aromatic N) is 1. The van der Waals surface area contributed by atoms with E-state index >= 15 is 0 Å². The minimum atomic E-state index is -0.973. The normalized spacial score (nSPS) is 19.2. The Hall–Kier alpha value is -2.15. The summed E-state index contributed by atoms with van der Waals surface area (Å²) < 4.78 is 24.5. The van der Waals surface area contributed by atoms with Crippen LogP contribution in [0.15, 0.2) is 24.3 Å². The molecular weight excluding hydrogens is 305 g/mol. The Morgan fingerprint density at radius 2 is 2.22 bits per heavy atom. The molecule has 1 saturated heterocycles. The van der Waals surface area contributed by atoms with Crippen LogP contribution < -0.4 is 4.74 Å². The first-order valence-electron chi connectivity index (χ1n) is 7.54. The summed E-state index contributed by atoms with van der Waals surface area (Å²) in [5.74, 6) is -1.75. The minimum absolute atomic E-state index is 0.0306. The predicted molar refractivity (Wildman–Crippen MR) is 79.7 cm³/mol. The van der Waals surface area contributed by atoms with Gasteiger partial charge in [-0.2, -0.15) is 0 Å². The van der Waals surface area contributed by atoms with E-state index in [1.807, 2.05) is 0 Å². The maximum atomic E-state index is 13.7. The summed E-state index contributed by atoms with van der Waals surface area (Å²) in [5, 5.41) is 8.82. The number of halogens is 1. The van der Waals surface area contributed by atoms with Crippen molar-refractivity contribution < 1.29 is 28.6 Å². The van der Waals surface area contributed by atoms with Gasteiger partial charge in [0.15, 0.2) is 17.7 Å². The van der Waals surface area contributed by atoms with Crippen molar-refractivity contribution in [1.82, 2.24) is 4.90 Å². The fraction of sp³-hybridized carbons (Fsp3) is 0.500. The molecule has 0 spiro atoms. The number of aliphatic carboxylic acids is 1. The predicted octanol–water partition coefficient (Wildman–Crippen LogP) is 1.69. The summed E-state index contributed by atoms with van der Waals surface area (Å²) in [4.78, 5) is 24.8. The lowest BCUT2D eigenvalue weighted by atomic mass is 10.1. The van der Waals surface area contributed by atoms with E-state index in [0.29, 0.717) is 13.0 Å². The lowest BCUT2D eigenvalue weighted by Gasteiger charge is -2.34. The van der Waals surface area contributed by atoms with Gasteiger partial charge in [0.2, 0.25) is 0 Å². The third-order valence-corrected chi connectivity index (χ3v) is 3.60. The van der Waals surface area contributed by atoms with Gasteiger partial charge in [-0.25, -0.2) is 4.39 Å². The molecule has 126 valence electrons. The van der Waals surface area contributed by atoms with Crippen molar-refractivity contribution in [3.8, 4) is 5.75 Å². The van der Waals surface area contributed by atoms with Gasteiger partial charge >= 0.3 is 5.97 Å². The van der Waals surface area contributed by atoms with Crippen LogP contribution in [0, 0.1) is 5.82 Å². The van der Waals surface area contributed by atoms with Crippen molar-refractivity contribution in [3.05, 3.63) is 30.1 Å². The summed E-state index contributed by atoms with van der Waals surface area (Å²) in [6.45, 7) is 2.62. The number of carbonyl (C=O) groups is 2. The van der Waals surface area contributed by atoms with E-state index < -0.39 is 24.0 Å². The molecule has 1 N–H and O–H groups in total. The molecule has 6 nitrogen and oxygen atoms in total. The van der Waals surface area contributed by atoms with E-state index in [0.717, 1.165) is 0 Å². The first-order chi connectivity index (χ1) is 11.0. The van der Waals surface area contributed by atoms with Crippen LogP contribution in [0.2, 0.25) is 0 Å². The second-order valence-electron chi connectivity index (χ2n) is 5.32. The fourth-order valence-electron chi connectivity index (χ4n) is 2.44. The van der Waals surface area contributed by atoms with Crippen molar-refractivity contribution in [2.45, 2.75) is 32.0 Å². The Bertz CT molecular complexity index is 565. The van der Waals surface area contributed by atoms with Gasteiger partial charge in [-0.05, 0) is 18.6 Å². The lowest BCUT2D eigenvalue weighted by molar-refractivity contribution is -0.151. The zero-order chi connectivity index (χ0) is 16.8. The number of hydrogen-bond donors (Lipinski definition) is 1. The molecule has 0 bridgehead atoms. The molecule has 1 aliphatic heterocycles. The molecule has 0 aliphatic carbocycles. The topological polar surface area (TPSA) is 76.1 Å². The van der Waals surface area contributed by atoms with Crippen LogP contribution in [0.1, 0.15) is 19.8 Å². The number of amides is 1. The smallest absolute Gasteiger partial charge is 0.306 e. The second kappa shape index (κ2) is 7.92. The number of carbonyl (C=O) groups excluding carboxylic acids is 1. The summed E-state index contributed by atoms with van der Waals surface area (Å²) >= 11 is 0. The molecule has 0 saturated carbocycles. The Morgan fingerprint density at radius 1 is 1.48 bits per heavy atom. The molecule has 0 radical (unpaired) electrons. The molecule has 1 fully saturated rings. The molecule has 1 amide bonds. The fourth-order valence-corrected chi connectivity index (χ4v) is 2.44. The van der Waals surface area contributed by atoms with Gasteiger partial charge < -0.3 is 19.5 Å². The number of rotatable bonds is 6. The van der Waals surface area contributed by atoms with Gasteiger partial charge in [0, 0.05) is 13.1 Å². The zero-order valence-corrected chi connectivity index (χ0v) is 12.9. The largest absolute Gasteiger partial charge is 0.481 e. The number of morpholine rings is 1. The van der Waals surface area contributed by atoms with E-state index in [1.54, 1.807) is 19.1 Å². The van der Waals surface area contributed by atoms with Crippen molar-refractivity contribution >= 4 is 11.9 Å². The van der Waals surface area contributed by atoms with Gasteiger partial charge in [-0.1, -0.05) is 19.1 Å². The molecule has 7 heteroatoms. The molecule has 0 aromatic heterocycles.